The van der Waals surface area contributed by atoms with Gasteiger partial charge in [0.2, 0.25) is 0 Å². The lowest BCUT2D eigenvalue weighted by Crippen LogP contribution is -1.96. The molecule has 15 heavy (non-hydrogen) atoms. The van der Waals surface area contributed by atoms with E-state index in [9.17, 15) is 0 Å². The van der Waals surface area contributed by atoms with E-state index in [0.717, 1.165) is 22.4 Å². The largest absolute Gasteiger partial charge is 0.314 e. The maximum atomic E-state index is 4.13. The molecule has 0 aliphatic rings. The summed E-state index contributed by atoms with van der Waals surface area (Å²) in [4.78, 5) is 0. The van der Waals surface area contributed by atoms with Crippen molar-refractivity contribution >= 4 is 15.9 Å². The van der Waals surface area contributed by atoms with Crippen LogP contribution in [-0.4, -0.2) is 14.8 Å². The highest BCUT2D eigenvalue weighted by Gasteiger charge is 2.09. The van der Waals surface area contributed by atoms with Gasteiger partial charge in [-0.05, 0) is 31.5 Å². The smallest absolute Gasteiger partial charge is 0.164 e. The van der Waals surface area contributed by atoms with Crippen LogP contribution >= 0.6 is 15.9 Å². The Balaban J connectivity index is 2.54. The molecule has 0 aliphatic heterocycles. The molecule has 1 aromatic heterocycles. The van der Waals surface area contributed by atoms with Crippen LogP contribution in [0, 0.1) is 6.92 Å². The molecule has 1 heterocycles. The second-order valence-electron chi connectivity index (χ2n) is 3.42. The molecule has 0 radical (unpaired) electrons. The van der Waals surface area contributed by atoms with Crippen LogP contribution in [0.2, 0.25) is 0 Å². The zero-order chi connectivity index (χ0) is 10.8. The van der Waals surface area contributed by atoms with Crippen LogP contribution in [0.5, 0.6) is 0 Å². The van der Waals surface area contributed by atoms with Gasteiger partial charge >= 0.3 is 0 Å². The highest BCUT2D eigenvalue weighted by atomic mass is 79.9. The number of rotatable bonds is 2. The molecule has 0 N–H and O–H groups in total. The molecule has 0 saturated carbocycles. The first kappa shape index (κ1) is 10.4. The van der Waals surface area contributed by atoms with Crippen LogP contribution in [0.25, 0.3) is 11.4 Å². The normalized spacial score (nSPS) is 10.6. The molecule has 78 valence electrons. The van der Waals surface area contributed by atoms with E-state index in [0.29, 0.717) is 0 Å². The Kier molecular flexibility index (Phi) is 2.86. The molecule has 0 atom stereocenters. The molecule has 0 fully saturated rings. The fourth-order valence-electron chi connectivity index (χ4n) is 1.50. The summed E-state index contributed by atoms with van der Waals surface area (Å²) in [6.07, 6.45) is 1.75. The predicted octanol–water partition coefficient (Wildman–Crippen LogP) is 3.04. The molecule has 1 aromatic carbocycles. The number of nitrogens with zero attached hydrogens (tertiary/aromatic N) is 3. The number of benzene rings is 1. The second kappa shape index (κ2) is 4.14. The number of hydrogen-bond donors (Lipinski definition) is 0. The fourth-order valence-corrected chi connectivity index (χ4v) is 2.17. The van der Waals surface area contributed by atoms with E-state index in [1.165, 1.54) is 5.56 Å². The molecule has 4 heteroatoms. The second-order valence-corrected chi connectivity index (χ2v) is 4.28. The Labute approximate surface area is 97.3 Å². The van der Waals surface area contributed by atoms with Gasteiger partial charge in [-0.2, -0.15) is 0 Å². The van der Waals surface area contributed by atoms with Gasteiger partial charge in [0.05, 0.1) is 0 Å². The lowest BCUT2D eigenvalue weighted by molar-refractivity contribution is 0.766. The molecule has 0 bridgehead atoms. The number of halogens is 1. The summed E-state index contributed by atoms with van der Waals surface area (Å²) in [6, 6.07) is 6.23. The maximum absolute atomic E-state index is 4.13. The Morgan fingerprint density at radius 2 is 2.20 bits per heavy atom. The van der Waals surface area contributed by atoms with Gasteiger partial charge in [-0.1, -0.05) is 22.0 Å². The molecular formula is C11H12BrN3. The quantitative estimate of drug-likeness (QED) is 0.836. The summed E-state index contributed by atoms with van der Waals surface area (Å²) in [6.45, 7) is 5.02. The number of aromatic nitrogens is 3. The Morgan fingerprint density at radius 3 is 2.87 bits per heavy atom. The van der Waals surface area contributed by atoms with Crippen LogP contribution in [0.1, 0.15) is 12.5 Å². The molecular weight excluding hydrogens is 254 g/mol. The van der Waals surface area contributed by atoms with Crippen molar-refractivity contribution < 1.29 is 0 Å². The average Bonchev–Trinajstić information content (AvgIpc) is 2.65. The van der Waals surface area contributed by atoms with Crippen molar-refractivity contribution in [2.24, 2.45) is 0 Å². The van der Waals surface area contributed by atoms with Crippen molar-refractivity contribution in [2.45, 2.75) is 20.4 Å². The third-order valence-electron chi connectivity index (χ3n) is 2.32. The van der Waals surface area contributed by atoms with Crippen molar-refractivity contribution in [1.82, 2.24) is 14.8 Å². The van der Waals surface area contributed by atoms with E-state index in [-0.39, 0.29) is 0 Å². The van der Waals surface area contributed by atoms with Gasteiger partial charge in [-0.25, -0.2) is 0 Å². The molecule has 0 unspecified atom stereocenters. The van der Waals surface area contributed by atoms with Crippen molar-refractivity contribution in [2.75, 3.05) is 0 Å². The molecule has 0 amide bonds. The first-order valence-corrected chi connectivity index (χ1v) is 5.66. The molecule has 2 aromatic rings. The zero-order valence-corrected chi connectivity index (χ0v) is 10.3. The molecule has 3 nitrogen and oxygen atoms in total. The minimum atomic E-state index is 0.878. The standard InChI is InChI=1S/C11H12BrN3/c1-3-15-7-13-14-11(15)9-5-4-8(2)6-10(9)12/h4-7H,3H2,1-2H3. The highest BCUT2D eigenvalue weighted by Crippen LogP contribution is 2.27. The van der Waals surface area contributed by atoms with E-state index >= 15 is 0 Å². The van der Waals surface area contributed by atoms with Gasteiger partial charge in [0.25, 0.3) is 0 Å². The number of hydrogen-bond acceptors (Lipinski definition) is 2. The summed E-state index contributed by atoms with van der Waals surface area (Å²) in [5, 5.41) is 8.06. The van der Waals surface area contributed by atoms with Crippen LogP contribution in [-0.2, 0) is 6.54 Å². The Morgan fingerprint density at radius 1 is 1.40 bits per heavy atom. The third kappa shape index (κ3) is 1.95. The van der Waals surface area contributed by atoms with Crippen molar-refractivity contribution in [3.05, 3.63) is 34.6 Å². The van der Waals surface area contributed by atoms with E-state index in [4.69, 9.17) is 0 Å². The third-order valence-corrected chi connectivity index (χ3v) is 2.98. The zero-order valence-electron chi connectivity index (χ0n) is 8.74. The van der Waals surface area contributed by atoms with E-state index in [1.807, 2.05) is 4.57 Å². The molecule has 0 aliphatic carbocycles. The van der Waals surface area contributed by atoms with Crippen molar-refractivity contribution in [1.29, 1.82) is 0 Å². The summed E-state index contributed by atoms with van der Waals surface area (Å²) in [5.74, 6) is 0.907. The monoisotopic (exact) mass is 265 g/mol. The molecule has 0 spiro atoms. The summed E-state index contributed by atoms with van der Waals surface area (Å²) < 4.78 is 3.08. The SMILES string of the molecule is CCn1cnnc1-c1ccc(C)cc1Br. The Bertz CT molecular complexity index is 476. The molecule has 0 saturated heterocycles. The van der Waals surface area contributed by atoms with Crippen molar-refractivity contribution in [3.63, 3.8) is 0 Å². The van der Waals surface area contributed by atoms with Gasteiger partial charge in [-0.15, -0.1) is 10.2 Å². The fraction of sp³-hybridized carbons (Fsp3) is 0.273. The van der Waals surface area contributed by atoms with Crippen LogP contribution < -0.4 is 0 Å². The minimum absolute atomic E-state index is 0.878. The average molecular weight is 266 g/mol. The first-order valence-electron chi connectivity index (χ1n) is 4.86. The summed E-state index contributed by atoms with van der Waals surface area (Å²) >= 11 is 3.55. The van der Waals surface area contributed by atoms with Gasteiger partial charge in [0, 0.05) is 16.6 Å². The van der Waals surface area contributed by atoms with Crippen LogP contribution in [0.15, 0.2) is 29.0 Å². The van der Waals surface area contributed by atoms with Crippen LogP contribution in [0.4, 0.5) is 0 Å². The van der Waals surface area contributed by atoms with Gasteiger partial charge in [0.15, 0.2) is 5.82 Å². The van der Waals surface area contributed by atoms with E-state index in [2.05, 4.69) is 58.2 Å². The predicted molar refractivity (Wildman–Crippen MR) is 63.6 cm³/mol. The molecule has 2 rings (SSSR count). The van der Waals surface area contributed by atoms with Crippen LogP contribution in [0.3, 0.4) is 0 Å². The minimum Gasteiger partial charge on any atom is -0.314 e. The van der Waals surface area contributed by atoms with E-state index < -0.39 is 0 Å². The lowest BCUT2D eigenvalue weighted by atomic mass is 10.1. The van der Waals surface area contributed by atoms with Crippen molar-refractivity contribution in [3.8, 4) is 11.4 Å². The summed E-state index contributed by atoms with van der Waals surface area (Å²) in [5.41, 5.74) is 2.31. The number of aryl methyl sites for hydroxylation is 2. The van der Waals surface area contributed by atoms with E-state index in [1.54, 1.807) is 6.33 Å². The maximum Gasteiger partial charge on any atom is 0.164 e. The van der Waals surface area contributed by atoms with Gasteiger partial charge < -0.3 is 4.57 Å². The highest BCUT2D eigenvalue weighted by molar-refractivity contribution is 9.10. The topological polar surface area (TPSA) is 30.7 Å². The lowest BCUT2D eigenvalue weighted by Gasteiger charge is -2.06. The first-order chi connectivity index (χ1) is 7.22. The summed E-state index contributed by atoms with van der Waals surface area (Å²) in [7, 11) is 0. The Hall–Kier alpha value is -1.16. The van der Waals surface area contributed by atoms with Gasteiger partial charge in [-0.3, -0.25) is 0 Å². The van der Waals surface area contributed by atoms with Gasteiger partial charge in [0.1, 0.15) is 6.33 Å².